The molecule has 2 heterocycles. The van der Waals surface area contributed by atoms with Crippen LogP contribution < -0.4 is 5.32 Å². The second-order valence-corrected chi connectivity index (χ2v) is 5.76. The summed E-state index contributed by atoms with van der Waals surface area (Å²) in [6.45, 7) is 4.16. The Morgan fingerprint density at radius 2 is 2.25 bits per heavy atom. The van der Waals surface area contributed by atoms with E-state index >= 15 is 0 Å². The molecule has 1 fully saturated rings. The number of ether oxygens (including phenoxy) is 1. The fraction of sp³-hybridized carbons (Fsp3) is 0.571. The van der Waals surface area contributed by atoms with Crippen LogP contribution in [0.3, 0.4) is 0 Å². The molecule has 1 saturated heterocycles. The maximum absolute atomic E-state index is 12.7. The van der Waals surface area contributed by atoms with Gasteiger partial charge in [0.25, 0.3) is 5.91 Å². The molecule has 1 aromatic rings. The molecular formula is C14H20BrN3O2. The summed E-state index contributed by atoms with van der Waals surface area (Å²) in [6.07, 6.45) is 3.48. The average Bonchev–Trinajstić information content (AvgIpc) is 2.48. The summed E-state index contributed by atoms with van der Waals surface area (Å²) in [5.41, 5.74) is 0.607. The van der Waals surface area contributed by atoms with Gasteiger partial charge in [-0.05, 0) is 41.8 Å². The Bertz CT molecular complexity index is 475. The van der Waals surface area contributed by atoms with Crippen molar-refractivity contribution in [3.05, 3.63) is 22.3 Å². The van der Waals surface area contributed by atoms with Crippen molar-refractivity contribution in [3.63, 3.8) is 0 Å². The predicted molar refractivity (Wildman–Crippen MR) is 82.0 cm³/mol. The van der Waals surface area contributed by atoms with Crippen LogP contribution in [0.2, 0.25) is 0 Å². The molecule has 0 radical (unpaired) electrons. The molecule has 110 valence electrons. The number of nitrogens with one attached hydrogen (secondary N) is 1. The third kappa shape index (κ3) is 3.49. The maximum atomic E-state index is 12.7. The molecule has 0 saturated carbocycles. The van der Waals surface area contributed by atoms with Crippen molar-refractivity contribution < 1.29 is 9.53 Å². The van der Waals surface area contributed by atoms with E-state index in [0.717, 1.165) is 37.1 Å². The second-order valence-electron chi connectivity index (χ2n) is 4.84. The monoisotopic (exact) mass is 341 g/mol. The van der Waals surface area contributed by atoms with Crippen LogP contribution in [0.15, 0.2) is 16.7 Å². The first-order chi connectivity index (χ1) is 9.63. The van der Waals surface area contributed by atoms with Gasteiger partial charge in [-0.1, -0.05) is 0 Å². The summed E-state index contributed by atoms with van der Waals surface area (Å²) in [6, 6.07) is 2.06. The van der Waals surface area contributed by atoms with Gasteiger partial charge in [0.2, 0.25) is 0 Å². The number of halogens is 1. The maximum Gasteiger partial charge on any atom is 0.257 e. The van der Waals surface area contributed by atoms with E-state index in [0.29, 0.717) is 11.4 Å². The molecule has 0 spiro atoms. The highest BCUT2D eigenvalue weighted by Crippen LogP contribution is 2.22. The van der Waals surface area contributed by atoms with E-state index in [4.69, 9.17) is 4.74 Å². The molecule has 0 atom stereocenters. The van der Waals surface area contributed by atoms with Crippen LogP contribution in [0.5, 0.6) is 0 Å². The fourth-order valence-corrected chi connectivity index (χ4v) is 2.67. The minimum atomic E-state index is 0.00153. The first-order valence-corrected chi connectivity index (χ1v) is 7.67. The number of hydrogen-bond acceptors (Lipinski definition) is 4. The van der Waals surface area contributed by atoms with E-state index in [1.807, 2.05) is 24.9 Å². The van der Waals surface area contributed by atoms with E-state index in [-0.39, 0.29) is 11.9 Å². The average molecular weight is 342 g/mol. The van der Waals surface area contributed by atoms with Crippen molar-refractivity contribution in [3.8, 4) is 0 Å². The Labute approximate surface area is 127 Å². The van der Waals surface area contributed by atoms with Gasteiger partial charge in [-0.3, -0.25) is 4.79 Å². The Balaban J connectivity index is 2.20. The number of carbonyl (C=O) groups excluding carboxylic acids is 1. The molecule has 5 nitrogen and oxygen atoms in total. The summed E-state index contributed by atoms with van der Waals surface area (Å²) in [5, 5.41) is 3.14. The molecule has 1 aromatic heterocycles. The summed E-state index contributed by atoms with van der Waals surface area (Å²) in [4.78, 5) is 18.8. The van der Waals surface area contributed by atoms with Gasteiger partial charge < -0.3 is 15.0 Å². The van der Waals surface area contributed by atoms with Gasteiger partial charge in [-0.25, -0.2) is 4.98 Å². The van der Waals surface area contributed by atoms with Crippen molar-refractivity contribution in [1.29, 1.82) is 0 Å². The zero-order valence-corrected chi connectivity index (χ0v) is 13.4. The molecule has 1 aliphatic heterocycles. The van der Waals surface area contributed by atoms with Crippen molar-refractivity contribution in [2.45, 2.75) is 25.8 Å². The van der Waals surface area contributed by atoms with Crippen LogP contribution in [0.1, 0.15) is 30.1 Å². The zero-order chi connectivity index (χ0) is 14.5. The molecule has 20 heavy (non-hydrogen) atoms. The molecule has 2 rings (SSSR count). The van der Waals surface area contributed by atoms with Gasteiger partial charge in [0.1, 0.15) is 5.82 Å². The number of nitrogens with zero attached hydrogens (tertiary/aromatic N) is 2. The number of rotatable bonds is 4. The van der Waals surface area contributed by atoms with Crippen molar-refractivity contribution in [2.24, 2.45) is 0 Å². The number of amides is 1. The summed E-state index contributed by atoms with van der Waals surface area (Å²) < 4.78 is 6.15. The highest BCUT2D eigenvalue weighted by molar-refractivity contribution is 9.10. The number of carbonyl (C=O) groups is 1. The summed E-state index contributed by atoms with van der Waals surface area (Å²) in [7, 11) is 1.86. The molecule has 6 heteroatoms. The molecule has 1 amide bonds. The van der Waals surface area contributed by atoms with Gasteiger partial charge in [0.05, 0.1) is 5.56 Å². The second kappa shape index (κ2) is 7.04. The minimum absolute atomic E-state index is 0.00153. The lowest BCUT2D eigenvalue weighted by Gasteiger charge is -2.31. The smallest absolute Gasteiger partial charge is 0.257 e. The Morgan fingerprint density at radius 1 is 1.55 bits per heavy atom. The van der Waals surface area contributed by atoms with Crippen LogP contribution >= 0.6 is 15.9 Å². The van der Waals surface area contributed by atoms with Crippen LogP contribution in [-0.4, -0.2) is 48.6 Å². The molecular weight excluding hydrogens is 322 g/mol. The van der Waals surface area contributed by atoms with Crippen LogP contribution in [0.4, 0.5) is 5.82 Å². The molecule has 1 aliphatic rings. The summed E-state index contributed by atoms with van der Waals surface area (Å²) >= 11 is 3.38. The Kier molecular flexibility index (Phi) is 5.37. The highest BCUT2D eigenvalue weighted by Gasteiger charge is 2.25. The van der Waals surface area contributed by atoms with E-state index in [2.05, 4.69) is 26.2 Å². The number of anilines is 1. The standard InChI is InChI=1S/C14H20BrN3O2/c1-3-16-13-12(8-10(15)9-17-13)14(19)18(2)11-4-6-20-7-5-11/h8-9,11H,3-7H2,1-2H3,(H,16,17). The summed E-state index contributed by atoms with van der Waals surface area (Å²) in [5.74, 6) is 0.640. The molecule has 0 aliphatic carbocycles. The largest absolute Gasteiger partial charge is 0.381 e. The van der Waals surface area contributed by atoms with E-state index < -0.39 is 0 Å². The normalized spacial score (nSPS) is 15.9. The van der Waals surface area contributed by atoms with Crippen LogP contribution in [-0.2, 0) is 4.74 Å². The van der Waals surface area contributed by atoms with Gasteiger partial charge in [0.15, 0.2) is 0 Å². The Hall–Kier alpha value is -1.14. The lowest BCUT2D eigenvalue weighted by Crippen LogP contribution is -2.41. The van der Waals surface area contributed by atoms with E-state index in [1.165, 1.54) is 0 Å². The quantitative estimate of drug-likeness (QED) is 0.914. The lowest BCUT2D eigenvalue weighted by atomic mass is 10.1. The third-order valence-electron chi connectivity index (χ3n) is 3.49. The first-order valence-electron chi connectivity index (χ1n) is 6.87. The SMILES string of the molecule is CCNc1ncc(Br)cc1C(=O)N(C)C1CCOCC1. The van der Waals surface area contributed by atoms with Crippen molar-refractivity contribution >= 4 is 27.7 Å². The number of pyridine rings is 1. The molecule has 1 N–H and O–H groups in total. The topological polar surface area (TPSA) is 54.5 Å². The number of hydrogen-bond donors (Lipinski definition) is 1. The van der Waals surface area contributed by atoms with Crippen molar-refractivity contribution in [1.82, 2.24) is 9.88 Å². The minimum Gasteiger partial charge on any atom is -0.381 e. The van der Waals surface area contributed by atoms with Crippen LogP contribution in [0, 0.1) is 0 Å². The first kappa shape index (κ1) is 15.3. The molecule has 0 aromatic carbocycles. The van der Waals surface area contributed by atoms with Crippen molar-refractivity contribution in [2.75, 3.05) is 32.1 Å². The van der Waals surface area contributed by atoms with Gasteiger partial charge >= 0.3 is 0 Å². The third-order valence-corrected chi connectivity index (χ3v) is 3.92. The Morgan fingerprint density at radius 3 is 2.90 bits per heavy atom. The van der Waals surface area contributed by atoms with Crippen LogP contribution in [0.25, 0.3) is 0 Å². The van der Waals surface area contributed by atoms with Gasteiger partial charge in [0, 0.05) is 43.5 Å². The zero-order valence-electron chi connectivity index (χ0n) is 11.9. The number of aromatic nitrogens is 1. The van der Waals surface area contributed by atoms with Gasteiger partial charge in [-0.15, -0.1) is 0 Å². The van der Waals surface area contributed by atoms with E-state index in [1.54, 1.807) is 6.20 Å². The fourth-order valence-electron chi connectivity index (χ4n) is 2.34. The predicted octanol–water partition coefficient (Wildman–Crippen LogP) is 2.53. The lowest BCUT2D eigenvalue weighted by molar-refractivity contribution is 0.0362. The molecule has 0 unspecified atom stereocenters. The highest BCUT2D eigenvalue weighted by atomic mass is 79.9. The van der Waals surface area contributed by atoms with Gasteiger partial charge in [-0.2, -0.15) is 0 Å². The van der Waals surface area contributed by atoms with E-state index in [9.17, 15) is 4.79 Å². The molecule has 0 bridgehead atoms.